The molecular formula is C19H17N3O2. The summed E-state index contributed by atoms with van der Waals surface area (Å²) in [7, 11) is 0. The van der Waals surface area contributed by atoms with Gasteiger partial charge in [-0.25, -0.2) is 9.48 Å². The molecule has 2 N–H and O–H groups in total. The first-order valence-corrected chi connectivity index (χ1v) is 7.94. The highest BCUT2D eigenvalue weighted by molar-refractivity contribution is 5.88. The molecule has 1 aliphatic heterocycles. The van der Waals surface area contributed by atoms with Crippen LogP contribution in [0.2, 0.25) is 0 Å². The summed E-state index contributed by atoms with van der Waals surface area (Å²) in [5.74, 6) is 0.0431. The van der Waals surface area contributed by atoms with E-state index in [4.69, 9.17) is 5.10 Å². The second-order valence-electron chi connectivity index (χ2n) is 5.88. The van der Waals surface area contributed by atoms with Gasteiger partial charge in [0.1, 0.15) is 5.82 Å². The summed E-state index contributed by atoms with van der Waals surface area (Å²) < 4.78 is 1.83. The molecule has 0 unspecified atom stereocenters. The summed E-state index contributed by atoms with van der Waals surface area (Å²) in [6.45, 7) is 0.883. The molecule has 1 aromatic heterocycles. The number of fused-ring (bicyclic) bond motifs is 1. The van der Waals surface area contributed by atoms with Crippen molar-refractivity contribution in [3.8, 4) is 5.69 Å². The Morgan fingerprint density at radius 2 is 2.00 bits per heavy atom. The van der Waals surface area contributed by atoms with Crippen molar-refractivity contribution in [3.05, 3.63) is 77.0 Å². The Morgan fingerprint density at radius 3 is 2.79 bits per heavy atom. The number of carboxylic acid groups (broad SMARTS) is 1. The maximum atomic E-state index is 11.2. The maximum absolute atomic E-state index is 11.2. The molecule has 0 radical (unpaired) electrons. The average molecular weight is 319 g/mol. The first-order chi connectivity index (χ1) is 11.7. The number of hydrogen-bond donors (Lipinski definition) is 2. The van der Waals surface area contributed by atoms with Crippen molar-refractivity contribution >= 4 is 11.8 Å². The molecule has 3 aromatic rings. The topological polar surface area (TPSA) is 67.1 Å². The lowest BCUT2D eigenvalue weighted by Crippen LogP contribution is -2.06. The number of hydrogen-bond acceptors (Lipinski definition) is 3. The Bertz CT molecular complexity index is 900. The van der Waals surface area contributed by atoms with Gasteiger partial charge in [0.15, 0.2) is 0 Å². The van der Waals surface area contributed by atoms with Crippen LogP contribution >= 0.6 is 0 Å². The van der Waals surface area contributed by atoms with E-state index >= 15 is 0 Å². The van der Waals surface area contributed by atoms with Crippen LogP contribution in [0.4, 0.5) is 5.82 Å². The summed E-state index contributed by atoms with van der Waals surface area (Å²) in [6, 6.07) is 17.1. The number of carbonyl (C=O) groups is 1. The standard InChI is InChI=1S/C19H17N3O2/c23-19(24)14-7-4-8-15(12-14)22-18-16(9-10-20-18)17(21-22)11-13-5-2-1-3-6-13/h1-8,12,20H,9-11H2,(H,23,24). The Morgan fingerprint density at radius 1 is 1.17 bits per heavy atom. The van der Waals surface area contributed by atoms with Gasteiger partial charge in [-0.15, -0.1) is 0 Å². The van der Waals surface area contributed by atoms with Gasteiger partial charge in [-0.1, -0.05) is 36.4 Å². The predicted molar refractivity (Wildman–Crippen MR) is 92.0 cm³/mol. The van der Waals surface area contributed by atoms with Crippen LogP contribution in [0.25, 0.3) is 5.69 Å². The molecule has 5 heteroatoms. The Balaban J connectivity index is 1.76. The van der Waals surface area contributed by atoms with Crippen molar-refractivity contribution < 1.29 is 9.90 Å². The number of anilines is 1. The minimum absolute atomic E-state index is 0.263. The van der Waals surface area contributed by atoms with Crippen LogP contribution in [-0.4, -0.2) is 27.4 Å². The zero-order chi connectivity index (χ0) is 16.5. The number of carboxylic acids is 1. The number of aromatic nitrogens is 2. The van der Waals surface area contributed by atoms with Gasteiger partial charge in [0.05, 0.1) is 16.9 Å². The van der Waals surface area contributed by atoms with Gasteiger partial charge in [-0.05, 0) is 30.2 Å². The third kappa shape index (κ3) is 2.54. The van der Waals surface area contributed by atoms with Crippen LogP contribution in [-0.2, 0) is 12.8 Å². The van der Waals surface area contributed by atoms with Crippen LogP contribution in [0.1, 0.15) is 27.2 Å². The van der Waals surface area contributed by atoms with E-state index in [9.17, 15) is 9.90 Å². The molecule has 0 amide bonds. The second kappa shape index (κ2) is 5.85. The van der Waals surface area contributed by atoms with Gasteiger partial charge in [0, 0.05) is 18.5 Å². The second-order valence-corrected chi connectivity index (χ2v) is 5.88. The molecule has 0 spiro atoms. The van der Waals surface area contributed by atoms with Crippen LogP contribution in [0.5, 0.6) is 0 Å². The smallest absolute Gasteiger partial charge is 0.335 e. The van der Waals surface area contributed by atoms with Crippen molar-refractivity contribution in [1.29, 1.82) is 0 Å². The van der Waals surface area contributed by atoms with Gasteiger partial charge in [-0.3, -0.25) is 0 Å². The van der Waals surface area contributed by atoms with Crippen LogP contribution in [0.3, 0.4) is 0 Å². The molecule has 24 heavy (non-hydrogen) atoms. The Labute approximate surface area is 139 Å². The van der Waals surface area contributed by atoms with Gasteiger partial charge in [-0.2, -0.15) is 5.10 Å². The highest BCUT2D eigenvalue weighted by Crippen LogP contribution is 2.30. The number of aromatic carboxylic acids is 1. The van der Waals surface area contributed by atoms with Gasteiger partial charge in [0.25, 0.3) is 0 Å². The van der Waals surface area contributed by atoms with Gasteiger partial charge < -0.3 is 10.4 Å². The number of nitrogens with zero attached hydrogens (tertiary/aromatic N) is 2. The molecule has 2 heterocycles. The van der Waals surface area contributed by atoms with Crippen molar-refractivity contribution in [2.75, 3.05) is 11.9 Å². The van der Waals surface area contributed by atoms with E-state index in [2.05, 4.69) is 17.4 Å². The summed E-state index contributed by atoms with van der Waals surface area (Å²) in [4.78, 5) is 11.2. The normalized spacial score (nSPS) is 12.7. The van der Waals surface area contributed by atoms with Crippen molar-refractivity contribution in [3.63, 3.8) is 0 Å². The molecule has 0 saturated carbocycles. The zero-order valence-electron chi connectivity index (χ0n) is 13.1. The lowest BCUT2D eigenvalue weighted by molar-refractivity contribution is 0.0697. The fraction of sp³-hybridized carbons (Fsp3) is 0.158. The molecule has 120 valence electrons. The van der Waals surface area contributed by atoms with Gasteiger partial charge >= 0.3 is 5.97 Å². The highest BCUT2D eigenvalue weighted by atomic mass is 16.4. The minimum atomic E-state index is -0.932. The molecular weight excluding hydrogens is 302 g/mol. The Kier molecular flexibility index (Phi) is 3.54. The molecule has 5 nitrogen and oxygen atoms in total. The van der Waals surface area contributed by atoms with E-state index in [1.807, 2.05) is 28.9 Å². The minimum Gasteiger partial charge on any atom is -0.478 e. The number of nitrogens with one attached hydrogen (secondary N) is 1. The van der Waals surface area contributed by atoms with Crippen LogP contribution < -0.4 is 5.32 Å². The first kappa shape index (κ1) is 14.5. The van der Waals surface area contributed by atoms with E-state index in [0.717, 1.165) is 36.6 Å². The lowest BCUT2D eigenvalue weighted by atomic mass is 10.1. The SMILES string of the molecule is O=C(O)c1cccc(-n2nc(Cc3ccccc3)c3c2NCC3)c1. The van der Waals surface area contributed by atoms with Crippen molar-refractivity contribution in [1.82, 2.24) is 9.78 Å². The summed E-state index contributed by atoms with van der Waals surface area (Å²) in [5.41, 5.74) is 4.51. The van der Waals surface area contributed by atoms with E-state index in [0.29, 0.717) is 0 Å². The summed E-state index contributed by atoms with van der Waals surface area (Å²) in [5, 5.41) is 17.3. The number of rotatable bonds is 4. The van der Waals surface area contributed by atoms with E-state index in [-0.39, 0.29) is 5.56 Å². The van der Waals surface area contributed by atoms with Gasteiger partial charge in [0.2, 0.25) is 0 Å². The lowest BCUT2D eigenvalue weighted by Gasteiger charge is -2.07. The quantitative estimate of drug-likeness (QED) is 0.775. The third-order valence-electron chi connectivity index (χ3n) is 4.29. The summed E-state index contributed by atoms with van der Waals surface area (Å²) in [6.07, 6.45) is 1.71. The molecule has 0 aliphatic carbocycles. The predicted octanol–water partition coefficient (Wildman–Crippen LogP) is 3.13. The van der Waals surface area contributed by atoms with Crippen molar-refractivity contribution in [2.45, 2.75) is 12.8 Å². The molecule has 0 atom stereocenters. The average Bonchev–Trinajstić information content (AvgIpc) is 3.20. The van der Waals surface area contributed by atoms with E-state index in [1.165, 1.54) is 11.1 Å². The molecule has 2 aromatic carbocycles. The maximum Gasteiger partial charge on any atom is 0.335 e. The van der Waals surface area contributed by atoms with E-state index in [1.54, 1.807) is 18.2 Å². The molecule has 0 bridgehead atoms. The fourth-order valence-electron chi connectivity index (χ4n) is 3.13. The van der Waals surface area contributed by atoms with E-state index < -0.39 is 5.97 Å². The monoisotopic (exact) mass is 319 g/mol. The largest absolute Gasteiger partial charge is 0.478 e. The van der Waals surface area contributed by atoms with Crippen LogP contribution in [0, 0.1) is 0 Å². The third-order valence-corrected chi connectivity index (χ3v) is 4.29. The number of benzene rings is 2. The summed E-state index contributed by atoms with van der Waals surface area (Å²) >= 11 is 0. The first-order valence-electron chi connectivity index (χ1n) is 7.94. The highest BCUT2D eigenvalue weighted by Gasteiger charge is 2.23. The molecule has 4 rings (SSSR count). The molecule has 0 fully saturated rings. The zero-order valence-corrected chi connectivity index (χ0v) is 13.1. The molecule has 0 saturated heterocycles. The Hall–Kier alpha value is -3.08. The fourth-order valence-corrected chi connectivity index (χ4v) is 3.13. The molecule has 1 aliphatic rings. The van der Waals surface area contributed by atoms with Crippen LogP contribution in [0.15, 0.2) is 54.6 Å². The van der Waals surface area contributed by atoms with Crippen molar-refractivity contribution in [2.24, 2.45) is 0 Å².